The Bertz CT molecular complexity index is 99.9. The van der Waals surface area contributed by atoms with Gasteiger partial charge in [-0.2, -0.15) is 0 Å². The highest BCUT2D eigenvalue weighted by atomic mass is 16.3. The predicted molar refractivity (Wildman–Crippen MR) is 49.3 cm³/mol. The summed E-state index contributed by atoms with van der Waals surface area (Å²) in [7, 11) is 0. The molecule has 0 spiro atoms. The van der Waals surface area contributed by atoms with E-state index >= 15 is 0 Å². The minimum absolute atomic E-state index is 0.0372. The summed E-state index contributed by atoms with van der Waals surface area (Å²) in [6, 6.07) is 0. The molecule has 11 heavy (non-hydrogen) atoms. The van der Waals surface area contributed by atoms with Crippen LogP contribution in [0.25, 0.3) is 0 Å². The molecule has 0 aliphatic rings. The van der Waals surface area contributed by atoms with Crippen LogP contribution in [0.1, 0.15) is 47.5 Å². The van der Waals surface area contributed by atoms with Gasteiger partial charge in [-0.3, -0.25) is 0 Å². The third-order valence-corrected chi connectivity index (χ3v) is 1.92. The average molecular weight is 157 g/mol. The molecule has 0 saturated heterocycles. The molecule has 0 aliphatic heterocycles. The Morgan fingerprint density at radius 3 is 2.00 bits per heavy atom. The second-order valence-electron chi connectivity index (χ2n) is 4.63. The quantitative estimate of drug-likeness (QED) is 0.668. The van der Waals surface area contributed by atoms with Gasteiger partial charge in [0, 0.05) is 0 Å². The van der Waals surface area contributed by atoms with E-state index in [-0.39, 0.29) is 11.5 Å². The van der Waals surface area contributed by atoms with Gasteiger partial charge < -0.3 is 5.11 Å². The topological polar surface area (TPSA) is 20.2 Å². The van der Waals surface area contributed by atoms with Gasteiger partial charge in [-0.15, -0.1) is 0 Å². The number of rotatable bonds is 3. The monoisotopic (exact) mass is 157 g/mol. The summed E-state index contributed by atoms with van der Waals surface area (Å²) in [6.45, 7) is 10.4. The molecule has 1 nitrogen and oxygen atoms in total. The molecule has 1 atom stereocenters. The number of aliphatic hydroxyl groups excluding tert-OH is 1. The first-order chi connectivity index (χ1) is 4.84. The third kappa shape index (κ3) is 5.25. The molecule has 1 radical (unpaired) electrons. The Labute approximate surface area is 70.8 Å². The standard InChI is InChI=1S/C10H21O/c1-8(2)6-7-9(11)10(3,4)5/h9,11H,6-7H2,1-5H3. The van der Waals surface area contributed by atoms with Gasteiger partial charge in [-0.1, -0.05) is 34.6 Å². The maximum atomic E-state index is 9.62. The van der Waals surface area contributed by atoms with E-state index in [2.05, 4.69) is 34.6 Å². The first-order valence-electron chi connectivity index (χ1n) is 4.31. The van der Waals surface area contributed by atoms with Crippen LogP contribution in [-0.2, 0) is 0 Å². The minimum atomic E-state index is -0.169. The van der Waals surface area contributed by atoms with Crippen molar-refractivity contribution in [2.75, 3.05) is 0 Å². The highest BCUT2D eigenvalue weighted by Gasteiger charge is 2.21. The molecule has 1 heteroatoms. The number of hydrogen-bond donors (Lipinski definition) is 1. The zero-order valence-corrected chi connectivity index (χ0v) is 8.44. The smallest absolute Gasteiger partial charge is 0.0588 e. The van der Waals surface area contributed by atoms with Gasteiger partial charge in [0.2, 0.25) is 0 Å². The van der Waals surface area contributed by atoms with Crippen LogP contribution in [0.2, 0.25) is 0 Å². The Kier molecular flexibility index (Phi) is 4.09. The van der Waals surface area contributed by atoms with Crippen molar-refractivity contribution in [3.8, 4) is 0 Å². The van der Waals surface area contributed by atoms with Gasteiger partial charge in [-0.05, 0) is 24.2 Å². The molecule has 67 valence electrons. The zero-order valence-electron chi connectivity index (χ0n) is 8.44. The molecule has 0 aliphatic carbocycles. The Hall–Kier alpha value is -0.0400. The summed E-state index contributed by atoms with van der Waals surface area (Å²) < 4.78 is 0. The van der Waals surface area contributed by atoms with Gasteiger partial charge in [0.05, 0.1) is 6.10 Å². The van der Waals surface area contributed by atoms with E-state index in [0.717, 1.165) is 12.8 Å². The Balaban J connectivity index is 3.61. The van der Waals surface area contributed by atoms with E-state index in [1.807, 2.05) is 0 Å². The molecular weight excluding hydrogens is 136 g/mol. The molecule has 0 fully saturated rings. The van der Waals surface area contributed by atoms with Crippen LogP contribution < -0.4 is 0 Å². The van der Waals surface area contributed by atoms with Crippen LogP contribution in [0.15, 0.2) is 0 Å². The third-order valence-electron chi connectivity index (χ3n) is 1.92. The fourth-order valence-electron chi connectivity index (χ4n) is 0.858. The average Bonchev–Trinajstić information content (AvgIpc) is 1.80. The molecule has 0 aromatic heterocycles. The van der Waals surface area contributed by atoms with Crippen LogP contribution in [0.5, 0.6) is 0 Å². The first-order valence-corrected chi connectivity index (χ1v) is 4.31. The van der Waals surface area contributed by atoms with Crippen LogP contribution >= 0.6 is 0 Å². The van der Waals surface area contributed by atoms with Crippen molar-refractivity contribution in [3.05, 3.63) is 5.92 Å². The fraction of sp³-hybridized carbons (Fsp3) is 0.900. The lowest BCUT2D eigenvalue weighted by molar-refractivity contribution is 0.0549. The first kappa shape index (κ1) is 11.0. The van der Waals surface area contributed by atoms with Crippen molar-refractivity contribution in [1.29, 1.82) is 0 Å². The lowest BCUT2D eigenvalue weighted by atomic mass is 9.85. The Morgan fingerprint density at radius 1 is 1.27 bits per heavy atom. The fourth-order valence-corrected chi connectivity index (χ4v) is 0.858. The molecule has 1 N–H and O–H groups in total. The normalized spacial score (nSPS) is 15.5. The summed E-state index contributed by atoms with van der Waals surface area (Å²) in [4.78, 5) is 0. The maximum Gasteiger partial charge on any atom is 0.0588 e. The summed E-state index contributed by atoms with van der Waals surface area (Å²) in [6.07, 6.45) is 1.77. The van der Waals surface area contributed by atoms with E-state index in [4.69, 9.17) is 0 Å². The van der Waals surface area contributed by atoms with E-state index < -0.39 is 0 Å². The van der Waals surface area contributed by atoms with E-state index in [0.29, 0.717) is 0 Å². The highest BCUT2D eigenvalue weighted by Crippen LogP contribution is 2.24. The number of hydrogen-bond acceptors (Lipinski definition) is 1. The van der Waals surface area contributed by atoms with Crippen LogP contribution in [0.4, 0.5) is 0 Å². The molecule has 0 saturated carbocycles. The van der Waals surface area contributed by atoms with Crippen molar-refractivity contribution >= 4 is 0 Å². The molecule has 1 unspecified atom stereocenters. The molecular formula is C10H21O. The molecule has 0 rings (SSSR count). The van der Waals surface area contributed by atoms with Gasteiger partial charge in [0.1, 0.15) is 0 Å². The van der Waals surface area contributed by atoms with Crippen LogP contribution in [-0.4, -0.2) is 11.2 Å². The summed E-state index contributed by atoms with van der Waals surface area (Å²) in [5.74, 6) is 1.40. The molecule has 0 amide bonds. The lowest BCUT2D eigenvalue weighted by Gasteiger charge is -2.26. The zero-order chi connectivity index (χ0) is 9.07. The van der Waals surface area contributed by atoms with Crippen LogP contribution in [0.3, 0.4) is 0 Å². The second kappa shape index (κ2) is 4.10. The van der Waals surface area contributed by atoms with Crippen molar-refractivity contribution in [2.45, 2.75) is 53.6 Å². The molecule has 0 aromatic carbocycles. The van der Waals surface area contributed by atoms with E-state index in [9.17, 15) is 5.11 Å². The Morgan fingerprint density at radius 2 is 1.73 bits per heavy atom. The van der Waals surface area contributed by atoms with E-state index in [1.54, 1.807) is 0 Å². The molecule has 0 aromatic rings. The summed E-state index contributed by atoms with van der Waals surface area (Å²) in [5.41, 5.74) is 0.0372. The van der Waals surface area contributed by atoms with Gasteiger partial charge in [0.25, 0.3) is 0 Å². The number of aliphatic hydroxyl groups is 1. The van der Waals surface area contributed by atoms with Crippen LogP contribution in [0, 0.1) is 11.3 Å². The van der Waals surface area contributed by atoms with Gasteiger partial charge in [0.15, 0.2) is 0 Å². The summed E-state index contributed by atoms with van der Waals surface area (Å²) in [5, 5.41) is 9.62. The SMILES string of the molecule is C[C](C)CCC(O)C(C)(C)C. The van der Waals surface area contributed by atoms with Gasteiger partial charge >= 0.3 is 0 Å². The van der Waals surface area contributed by atoms with Crippen molar-refractivity contribution < 1.29 is 5.11 Å². The lowest BCUT2D eigenvalue weighted by Crippen LogP contribution is -2.25. The molecule has 0 heterocycles. The largest absolute Gasteiger partial charge is 0.393 e. The molecule has 0 bridgehead atoms. The maximum absolute atomic E-state index is 9.62. The van der Waals surface area contributed by atoms with Crippen molar-refractivity contribution in [1.82, 2.24) is 0 Å². The van der Waals surface area contributed by atoms with Gasteiger partial charge in [-0.25, -0.2) is 0 Å². The summed E-state index contributed by atoms with van der Waals surface area (Å²) >= 11 is 0. The predicted octanol–water partition coefficient (Wildman–Crippen LogP) is 2.79. The van der Waals surface area contributed by atoms with E-state index in [1.165, 1.54) is 5.92 Å². The van der Waals surface area contributed by atoms with Crippen molar-refractivity contribution in [2.24, 2.45) is 5.41 Å². The highest BCUT2D eigenvalue weighted by molar-refractivity contribution is 4.81. The van der Waals surface area contributed by atoms with Crippen molar-refractivity contribution in [3.63, 3.8) is 0 Å². The second-order valence-corrected chi connectivity index (χ2v) is 4.63. The minimum Gasteiger partial charge on any atom is -0.393 e.